The average Bonchev–Trinajstić information content (AvgIpc) is 2.40. The molecule has 1 aliphatic heterocycles. The van der Waals surface area contributed by atoms with Crippen LogP contribution < -0.4 is 0 Å². The summed E-state index contributed by atoms with van der Waals surface area (Å²) in [6, 6.07) is 5.33. The number of aliphatic hydroxyl groups is 1. The van der Waals surface area contributed by atoms with E-state index in [0.29, 0.717) is 6.54 Å². The van der Waals surface area contributed by atoms with Crippen molar-refractivity contribution in [2.24, 2.45) is 5.92 Å². The first-order valence-corrected chi connectivity index (χ1v) is 6.96. The number of hydrogen-bond acceptors (Lipinski definition) is 2. The van der Waals surface area contributed by atoms with Gasteiger partial charge in [0.25, 0.3) is 0 Å². The van der Waals surface area contributed by atoms with Gasteiger partial charge in [-0.1, -0.05) is 19.1 Å². The van der Waals surface area contributed by atoms with Crippen LogP contribution >= 0.6 is 0 Å². The Balaban J connectivity index is 1.97. The number of alkyl halides is 3. The van der Waals surface area contributed by atoms with Crippen LogP contribution in [-0.4, -0.2) is 29.2 Å². The van der Waals surface area contributed by atoms with E-state index in [4.69, 9.17) is 0 Å². The molecule has 1 aromatic carbocycles. The molecule has 0 aliphatic carbocycles. The van der Waals surface area contributed by atoms with Crippen LogP contribution in [0.2, 0.25) is 0 Å². The van der Waals surface area contributed by atoms with E-state index in [2.05, 4.69) is 11.8 Å². The highest BCUT2D eigenvalue weighted by atomic mass is 19.4. The molecule has 0 saturated carbocycles. The van der Waals surface area contributed by atoms with Gasteiger partial charge in [0, 0.05) is 19.6 Å². The maximum absolute atomic E-state index is 12.5. The van der Waals surface area contributed by atoms with Gasteiger partial charge in [-0.05, 0) is 36.5 Å². The van der Waals surface area contributed by atoms with Gasteiger partial charge in [-0.2, -0.15) is 13.2 Å². The zero-order valence-electron chi connectivity index (χ0n) is 11.5. The minimum absolute atomic E-state index is 0.246. The molecule has 1 heterocycles. The highest BCUT2D eigenvalue weighted by Gasteiger charge is 2.30. The molecule has 2 rings (SSSR count). The lowest BCUT2D eigenvalue weighted by atomic mass is 9.92. The van der Waals surface area contributed by atoms with E-state index in [9.17, 15) is 18.3 Å². The molecular formula is C15H20F3NO. The highest BCUT2D eigenvalue weighted by molar-refractivity contribution is 5.24. The van der Waals surface area contributed by atoms with Crippen LogP contribution in [0.25, 0.3) is 0 Å². The lowest BCUT2D eigenvalue weighted by Crippen LogP contribution is -2.42. The molecule has 2 atom stereocenters. The maximum atomic E-state index is 12.5. The van der Waals surface area contributed by atoms with E-state index in [1.165, 1.54) is 12.1 Å². The molecular weight excluding hydrogens is 267 g/mol. The third-order valence-electron chi connectivity index (χ3n) is 3.99. The van der Waals surface area contributed by atoms with Crippen molar-refractivity contribution in [3.05, 3.63) is 35.4 Å². The molecule has 1 N–H and O–H groups in total. The molecule has 0 aromatic heterocycles. The Morgan fingerprint density at radius 1 is 1.25 bits per heavy atom. The van der Waals surface area contributed by atoms with Crippen LogP contribution in [0.5, 0.6) is 0 Å². The van der Waals surface area contributed by atoms with Gasteiger partial charge < -0.3 is 5.11 Å². The number of nitrogens with zero attached hydrogens (tertiary/aromatic N) is 1. The van der Waals surface area contributed by atoms with Crippen LogP contribution in [0.3, 0.4) is 0 Å². The number of likely N-dealkylation sites (tertiary alicyclic amines) is 1. The van der Waals surface area contributed by atoms with Crippen molar-refractivity contribution < 1.29 is 18.3 Å². The van der Waals surface area contributed by atoms with Crippen molar-refractivity contribution in [2.75, 3.05) is 13.1 Å². The second-order valence-corrected chi connectivity index (χ2v) is 5.45. The summed E-state index contributed by atoms with van der Waals surface area (Å²) in [5, 5.41) is 9.83. The Kier molecular flexibility index (Phi) is 4.70. The fraction of sp³-hybridized carbons (Fsp3) is 0.600. The van der Waals surface area contributed by atoms with Crippen molar-refractivity contribution in [2.45, 2.75) is 38.6 Å². The Hall–Kier alpha value is -1.07. The lowest BCUT2D eigenvalue weighted by molar-refractivity contribution is -0.137. The Bertz CT molecular complexity index is 430. The summed E-state index contributed by atoms with van der Waals surface area (Å²) in [5.41, 5.74) is 0.269. The van der Waals surface area contributed by atoms with Gasteiger partial charge in [0.2, 0.25) is 0 Å². The molecule has 2 unspecified atom stereocenters. The van der Waals surface area contributed by atoms with Gasteiger partial charge >= 0.3 is 6.18 Å². The first-order chi connectivity index (χ1) is 9.40. The molecule has 20 heavy (non-hydrogen) atoms. The molecule has 5 heteroatoms. The average molecular weight is 287 g/mol. The van der Waals surface area contributed by atoms with E-state index in [0.717, 1.165) is 43.6 Å². The monoisotopic (exact) mass is 287 g/mol. The van der Waals surface area contributed by atoms with Gasteiger partial charge in [0.05, 0.1) is 11.7 Å². The van der Waals surface area contributed by atoms with E-state index in [1.807, 2.05) is 0 Å². The minimum Gasteiger partial charge on any atom is -0.393 e. The maximum Gasteiger partial charge on any atom is 0.416 e. The van der Waals surface area contributed by atoms with Crippen LogP contribution in [0.15, 0.2) is 24.3 Å². The largest absolute Gasteiger partial charge is 0.416 e. The molecule has 1 fully saturated rings. The van der Waals surface area contributed by atoms with E-state index < -0.39 is 11.7 Å². The summed E-state index contributed by atoms with van der Waals surface area (Å²) in [6.07, 6.45) is -2.87. The van der Waals surface area contributed by atoms with Gasteiger partial charge in [0.15, 0.2) is 0 Å². The van der Waals surface area contributed by atoms with Crippen molar-refractivity contribution in [3.8, 4) is 0 Å². The first-order valence-electron chi connectivity index (χ1n) is 6.96. The van der Waals surface area contributed by atoms with Crippen molar-refractivity contribution >= 4 is 0 Å². The van der Waals surface area contributed by atoms with E-state index >= 15 is 0 Å². The Labute approximate surface area is 117 Å². The topological polar surface area (TPSA) is 23.5 Å². The van der Waals surface area contributed by atoms with Crippen LogP contribution in [0.4, 0.5) is 13.2 Å². The number of rotatable bonds is 3. The Morgan fingerprint density at radius 3 is 2.45 bits per heavy atom. The molecule has 0 spiro atoms. The predicted molar refractivity (Wildman–Crippen MR) is 71.1 cm³/mol. The van der Waals surface area contributed by atoms with Crippen LogP contribution in [0.1, 0.15) is 30.9 Å². The summed E-state index contributed by atoms with van der Waals surface area (Å²) in [6.45, 7) is 4.29. The number of halogens is 3. The number of benzene rings is 1. The molecule has 112 valence electrons. The second kappa shape index (κ2) is 6.14. The van der Waals surface area contributed by atoms with Crippen LogP contribution in [0, 0.1) is 5.92 Å². The molecule has 1 aromatic rings. The van der Waals surface area contributed by atoms with Gasteiger partial charge in [-0.15, -0.1) is 0 Å². The summed E-state index contributed by atoms with van der Waals surface area (Å²) < 4.78 is 37.4. The van der Waals surface area contributed by atoms with Gasteiger partial charge in [0.1, 0.15) is 0 Å². The molecule has 1 aliphatic rings. The third-order valence-corrected chi connectivity index (χ3v) is 3.99. The summed E-state index contributed by atoms with van der Waals surface area (Å²) in [4.78, 5) is 2.20. The fourth-order valence-corrected chi connectivity index (χ4v) is 2.70. The molecule has 0 radical (unpaired) electrons. The number of hydrogen-bond donors (Lipinski definition) is 1. The lowest BCUT2D eigenvalue weighted by Gasteiger charge is -2.35. The van der Waals surface area contributed by atoms with E-state index in [-0.39, 0.29) is 12.0 Å². The molecule has 1 saturated heterocycles. The zero-order chi connectivity index (χ0) is 14.8. The van der Waals surface area contributed by atoms with E-state index in [1.54, 1.807) is 0 Å². The van der Waals surface area contributed by atoms with Gasteiger partial charge in [-0.3, -0.25) is 4.90 Å². The molecule has 0 amide bonds. The quantitative estimate of drug-likeness (QED) is 0.922. The van der Waals surface area contributed by atoms with Crippen molar-refractivity contribution in [1.29, 1.82) is 0 Å². The predicted octanol–water partition coefficient (Wildman–Crippen LogP) is 3.30. The number of aliphatic hydroxyl groups excluding tert-OH is 1. The normalized spacial score (nSPS) is 24.9. The highest BCUT2D eigenvalue weighted by Crippen LogP contribution is 2.29. The molecule has 0 bridgehead atoms. The number of piperidine rings is 1. The fourth-order valence-electron chi connectivity index (χ4n) is 2.70. The first kappa shape index (κ1) is 15.3. The molecule has 2 nitrogen and oxygen atoms in total. The van der Waals surface area contributed by atoms with Crippen molar-refractivity contribution in [1.82, 2.24) is 4.90 Å². The summed E-state index contributed by atoms with van der Waals surface area (Å²) in [5.74, 6) is 0.262. The SMILES string of the molecule is CCC1CN(Cc2ccc(C(F)(F)F)cc2)CCC1O. The smallest absolute Gasteiger partial charge is 0.393 e. The van der Waals surface area contributed by atoms with Crippen LogP contribution in [-0.2, 0) is 12.7 Å². The summed E-state index contributed by atoms with van der Waals surface area (Å²) in [7, 11) is 0. The second-order valence-electron chi connectivity index (χ2n) is 5.45. The zero-order valence-corrected chi connectivity index (χ0v) is 11.5. The minimum atomic E-state index is -4.28. The van der Waals surface area contributed by atoms with Gasteiger partial charge in [-0.25, -0.2) is 0 Å². The summed E-state index contributed by atoms with van der Waals surface area (Å²) >= 11 is 0. The Morgan fingerprint density at radius 2 is 1.90 bits per heavy atom. The van der Waals surface area contributed by atoms with Crippen molar-refractivity contribution in [3.63, 3.8) is 0 Å². The third kappa shape index (κ3) is 3.73. The standard InChI is InChI=1S/C15H20F3NO/c1-2-12-10-19(8-7-14(12)20)9-11-3-5-13(6-4-11)15(16,17)18/h3-6,12,14,20H,2,7-10H2,1H3.